The van der Waals surface area contributed by atoms with Crippen LogP contribution < -0.4 is 0 Å². The summed E-state index contributed by atoms with van der Waals surface area (Å²) in [7, 11) is 0. The Morgan fingerprint density at radius 2 is 1.67 bits per heavy atom. The lowest BCUT2D eigenvalue weighted by molar-refractivity contribution is -0.163. The molecular formula is C21H18O3. The maximum Gasteiger partial charge on any atom is 0.312 e. The number of rotatable bonds is 7. The van der Waals surface area contributed by atoms with E-state index >= 15 is 0 Å². The molecular weight excluding hydrogens is 300 g/mol. The lowest BCUT2D eigenvalue weighted by atomic mass is 9.95. The fourth-order valence-electron chi connectivity index (χ4n) is 2.17. The van der Waals surface area contributed by atoms with E-state index < -0.39 is 5.79 Å². The van der Waals surface area contributed by atoms with Crippen molar-refractivity contribution in [3.8, 4) is 12.0 Å². The maximum absolute atomic E-state index is 13.2. The third kappa shape index (κ3) is 3.81. The number of allylic oxidation sites excluding steroid dienone is 1. The van der Waals surface area contributed by atoms with Gasteiger partial charge in [-0.1, -0.05) is 73.3 Å². The molecule has 0 spiro atoms. The summed E-state index contributed by atoms with van der Waals surface area (Å²) < 4.78 is 11.4. The second kappa shape index (κ2) is 8.52. The van der Waals surface area contributed by atoms with Crippen molar-refractivity contribution in [3.63, 3.8) is 0 Å². The molecule has 3 heteroatoms. The predicted octanol–water partition coefficient (Wildman–Crippen LogP) is 4.09. The van der Waals surface area contributed by atoms with Gasteiger partial charge in [-0.05, 0) is 12.0 Å². The van der Waals surface area contributed by atoms with E-state index in [0.29, 0.717) is 11.1 Å². The Morgan fingerprint density at radius 1 is 1.04 bits per heavy atom. The summed E-state index contributed by atoms with van der Waals surface area (Å²) in [5.74, 6) is 0.577. The van der Waals surface area contributed by atoms with Crippen LogP contribution in [0.25, 0.3) is 0 Å². The molecule has 0 N–H and O–H groups in total. The highest BCUT2D eigenvalue weighted by Crippen LogP contribution is 2.31. The molecule has 0 aliphatic heterocycles. The SMILES string of the molecule is C=CC#COC(OCC=C)(C(=O)c1ccccc1)c1ccccc1. The summed E-state index contributed by atoms with van der Waals surface area (Å²) in [6, 6.07) is 17.8. The molecule has 3 nitrogen and oxygen atoms in total. The summed E-state index contributed by atoms with van der Waals surface area (Å²) in [4.78, 5) is 13.2. The number of Topliss-reactive ketones (excluding diaryl/α,β-unsaturated/α-hetero) is 1. The molecule has 2 aromatic rings. The van der Waals surface area contributed by atoms with Gasteiger partial charge < -0.3 is 9.47 Å². The highest BCUT2D eigenvalue weighted by atomic mass is 16.7. The van der Waals surface area contributed by atoms with Crippen LogP contribution in [0.5, 0.6) is 0 Å². The summed E-state index contributed by atoms with van der Waals surface area (Å²) in [5, 5.41) is 0. The number of ketones is 1. The molecule has 0 heterocycles. The van der Waals surface area contributed by atoms with Gasteiger partial charge in [0.25, 0.3) is 0 Å². The van der Waals surface area contributed by atoms with Crippen LogP contribution in [0.15, 0.2) is 86.0 Å². The van der Waals surface area contributed by atoms with Crippen LogP contribution in [-0.4, -0.2) is 12.4 Å². The van der Waals surface area contributed by atoms with Crippen LogP contribution in [0.4, 0.5) is 0 Å². The largest absolute Gasteiger partial charge is 0.399 e. The molecule has 0 saturated carbocycles. The van der Waals surface area contributed by atoms with Gasteiger partial charge in [-0.15, -0.1) is 6.58 Å². The van der Waals surface area contributed by atoms with Gasteiger partial charge in [0.1, 0.15) is 6.11 Å². The third-order valence-corrected chi connectivity index (χ3v) is 3.25. The average molecular weight is 318 g/mol. The second-order valence-electron chi connectivity index (χ2n) is 4.83. The molecule has 0 aromatic heterocycles. The third-order valence-electron chi connectivity index (χ3n) is 3.25. The Hall–Kier alpha value is -3.09. The van der Waals surface area contributed by atoms with Crippen molar-refractivity contribution >= 4 is 5.78 Å². The van der Waals surface area contributed by atoms with Crippen molar-refractivity contribution in [2.24, 2.45) is 0 Å². The Labute approximate surface area is 142 Å². The minimum atomic E-state index is -1.67. The summed E-state index contributed by atoms with van der Waals surface area (Å²) in [5.41, 5.74) is 1.02. The molecule has 0 aliphatic carbocycles. The monoisotopic (exact) mass is 318 g/mol. The maximum atomic E-state index is 13.2. The van der Waals surface area contributed by atoms with Crippen LogP contribution in [0, 0.1) is 12.0 Å². The molecule has 24 heavy (non-hydrogen) atoms. The first-order chi connectivity index (χ1) is 11.7. The van der Waals surface area contributed by atoms with Crippen molar-refractivity contribution < 1.29 is 14.3 Å². The van der Waals surface area contributed by atoms with E-state index in [2.05, 4.69) is 25.2 Å². The van der Waals surface area contributed by atoms with Gasteiger partial charge in [0.05, 0.1) is 6.61 Å². The minimum absolute atomic E-state index is 0.128. The van der Waals surface area contributed by atoms with Crippen molar-refractivity contribution in [1.82, 2.24) is 0 Å². The van der Waals surface area contributed by atoms with Gasteiger partial charge in [0, 0.05) is 11.1 Å². The van der Waals surface area contributed by atoms with E-state index in [-0.39, 0.29) is 12.4 Å². The van der Waals surface area contributed by atoms with E-state index in [0.717, 1.165) is 0 Å². The Kier molecular flexibility index (Phi) is 6.13. The number of hydrogen-bond donors (Lipinski definition) is 0. The van der Waals surface area contributed by atoms with Gasteiger partial charge >= 0.3 is 5.79 Å². The van der Waals surface area contributed by atoms with Gasteiger partial charge in [-0.3, -0.25) is 4.79 Å². The minimum Gasteiger partial charge on any atom is -0.399 e. The van der Waals surface area contributed by atoms with Gasteiger partial charge in [0.15, 0.2) is 0 Å². The fourth-order valence-corrected chi connectivity index (χ4v) is 2.17. The smallest absolute Gasteiger partial charge is 0.312 e. The molecule has 0 fully saturated rings. The normalized spacial score (nSPS) is 12.2. The van der Waals surface area contributed by atoms with Gasteiger partial charge in [0.2, 0.25) is 5.78 Å². The summed E-state index contributed by atoms with van der Waals surface area (Å²) in [6.45, 7) is 7.29. The van der Waals surface area contributed by atoms with Crippen molar-refractivity contribution in [1.29, 1.82) is 0 Å². The zero-order chi connectivity index (χ0) is 17.3. The molecule has 0 aliphatic rings. The summed E-state index contributed by atoms with van der Waals surface area (Å²) in [6.07, 6.45) is 5.43. The number of ether oxygens (including phenoxy) is 2. The number of benzene rings is 2. The van der Waals surface area contributed by atoms with E-state index in [9.17, 15) is 4.79 Å². The van der Waals surface area contributed by atoms with Crippen LogP contribution in [0.2, 0.25) is 0 Å². The second-order valence-corrected chi connectivity index (χ2v) is 4.83. The average Bonchev–Trinajstić information content (AvgIpc) is 2.65. The molecule has 120 valence electrons. The molecule has 2 rings (SSSR count). The van der Waals surface area contributed by atoms with Crippen LogP contribution >= 0.6 is 0 Å². The summed E-state index contributed by atoms with van der Waals surface area (Å²) >= 11 is 0. The number of hydrogen-bond acceptors (Lipinski definition) is 3. The molecule has 0 bridgehead atoms. The van der Waals surface area contributed by atoms with Crippen LogP contribution in [0.3, 0.4) is 0 Å². The Bertz CT molecular complexity index is 754. The molecule has 1 unspecified atom stereocenters. The topological polar surface area (TPSA) is 35.5 Å². The molecule has 2 aromatic carbocycles. The first kappa shape index (κ1) is 17.3. The molecule has 0 saturated heterocycles. The Morgan fingerprint density at radius 3 is 2.25 bits per heavy atom. The van der Waals surface area contributed by atoms with E-state index in [4.69, 9.17) is 9.47 Å². The van der Waals surface area contributed by atoms with Crippen LogP contribution in [-0.2, 0) is 15.3 Å². The predicted molar refractivity (Wildman–Crippen MR) is 94.1 cm³/mol. The van der Waals surface area contributed by atoms with Gasteiger partial charge in [-0.25, -0.2) is 0 Å². The fraction of sp³-hybridized carbons (Fsp3) is 0.0952. The standard InChI is InChI=1S/C21H18O3/c1-3-5-17-24-21(23-16-4-2,19-14-10-7-11-15-19)20(22)18-12-8-6-9-13-18/h3-4,6-15H,1-2,16H2. The molecule has 0 radical (unpaired) electrons. The first-order valence-corrected chi connectivity index (χ1v) is 7.44. The molecule has 0 amide bonds. The zero-order valence-corrected chi connectivity index (χ0v) is 13.3. The zero-order valence-electron chi connectivity index (χ0n) is 13.3. The lowest BCUT2D eigenvalue weighted by Gasteiger charge is -2.30. The highest BCUT2D eigenvalue weighted by molar-refractivity contribution is 6.02. The Balaban J connectivity index is 2.57. The number of carbonyl (C=O) groups excluding carboxylic acids is 1. The van der Waals surface area contributed by atoms with Crippen molar-refractivity contribution in [3.05, 3.63) is 97.1 Å². The lowest BCUT2D eigenvalue weighted by Crippen LogP contribution is -2.41. The van der Waals surface area contributed by atoms with Crippen molar-refractivity contribution in [2.75, 3.05) is 6.61 Å². The van der Waals surface area contributed by atoms with Crippen molar-refractivity contribution in [2.45, 2.75) is 5.79 Å². The van der Waals surface area contributed by atoms with Gasteiger partial charge in [-0.2, -0.15) is 0 Å². The van der Waals surface area contributed by atoms with E-state index in [1.54, 1.807) is 42.5 Å². The highest BCUT2D eigenvalue weighted by Gasteiger charge is 2.44. The van der Waals surface area contributed by atoms with Crippen LogP contribution in [0.1, 0.15) is 15.9 Å². The molecule has 1 atom stereocenters. The van der Waals surface area contributed by atoms with E-state index in [1.165, 1.54) is 6.08 Å². The quantitative estimate of drug-likeness (QED) is 0.334. The van der Waals surface area contributed by atoms with E-state index in [1.807, 2.05) is 24.3 Å². The number of carbonyl (C=O) groups is 1. The first-order valence-electron chi connectivity index (χ1n) is 7.44.